The smallest absolute Gasteiger partial charge is 0.156 e. The van der Waals surface area contributed by atoms with Gasteiger partial charge in [0, 0.05) is 46.8 Å². The predicted octanol–water partition coefficient (Wildman–Crippen LogP) is 4.65. The number of amidine groups is 1. The third kappa shape index (κ3) is 4.06. The second kappa shape index (κ2) is 9.16. The summed E-state index contributed by atoms with van der Waals surface area (Å²) >= 11 is 1.31. The first-order chi connectivity index (χ1) is 16.3. The van der Waals surface area contributed by atoms with Gasteiger partial charge >= 0.3 is 0 Å². The molecule has 3 atom stereocenters. The fraction of sp³-hybridized carbons (Fsp3) is 0.333. The van der Waals surface area contributed by atoms with Crippen molar-refractivity contribution in [1.29, 1.82) is 5.26 Å². The van der Waals surface area contributed by atoms with Crippen molar-refractivity contribution in [1.82, 2.24) is 9.97 Å². The zero-order chi connectivity index (χ0) is 24.5. The molecular formula is C24H24F2N6OS. The number of thioether (sulfide) groups is 1. The molecule has 0 spiro atoms. The number of nitrogens with zero attached hydrogens (tertiary/aromatic N) is 4. The molecule has 10 heteroatoms. The highest BCUT2D eigenvalue weighted by atomic mass is 32.2. The topological polar surface area (TPSA) is 109 Å². The van der Waals surface area contributed by atoms with Gasteiger partial charge in [-0.05, 0) is 37.3 Å². The molecule has 34 heavy (non-hydrogen) atoms. The van der Waals surface area contributed by atoms with Gasteiger partial charge in [-0.15, -0.1) is 0 Å². The lowest BCUT2D eigenvalue weighted by Gasteiger charge is -2.47. The molecule has 1 aromatic carbocycles. The number of pyridine rings is 2. The second-order valence-corrected chi connectivity index (χ2v) is 10.0. The van der Waals surface area contributed by atoms with E-state index >= 15 is 4.39 Å². The van der Waals surface area contributed by atoms with E-state index in [0.29, 0.717) is 29.2 Å². The molecule has 1 aliphatic rings. The van der Waals surface area contributed by atoms with Crippen LogP contribution >= 0.6 is 11.8 Å². The first-order valence-corrected chi connectivity index (χ1v) is 11.4. The summed E-state index contributed by atoms with van der Waals surface area (Å²) in [6.45, 7) is 3.12. The lowest BCUT2D eigenvalue weighted by atomic mass is 9.73. The Balaban J connectivity index is 1.79. The van der Waals surface area contributed by atoms with E-state index in [1.807, 2.05) is 13.8 Å². The number of methoxy groups -OCH3 is 1. The van der Waals surface area contributed by atoms with E-state index in [2.05, 4.69) is 26.3 Å². The fourth-order valence-electron chi connectivity index (χ4n) is 4.38. The summed E-state index contributed by atoms with van der Waals surface area (Å²) in [5, 5.41) is 13.2. The Hall–Kier alpha value is -3.29. The molecule has 1 aliphatic heterocycles. The molecule has 4 rings (SSSR count). The van der Waals surface area contributed by atoms with Crippen LogP contribution in [-0.2, 0) is 10.3 Å². The third-order valence-electron chi connectivity index (χ3n) is 6.34. The summed E-state index contributed by atoms with van der Waals surface area (Å²) in [7, 11) is 1.56. The summed E-state index contributed by atoms with van der Waals surface area (Å²) in [6, 6.07) is 9.86. The van der Waals surface area contributed by atoms with E-state index in [1.54, 1.807) is 31.5 Å². The Kier molecular flexibility index (Phi) is 6.43. The van der Waals surface area contributed by atoms with E-state index in [4.69, 9.17) is 15.7 Å². The minimum absolute atomic E-state index is 0.0954. The zero-order valence-electron chi connectivity index (χ0n) is 19.0. The SMILES string of the molecule is COC[C@@]1(C)SC(N)=N[C@](CF)(c2cc(Nc3nccc4cc(C#N)cnc34)ccc2F)[C@@H]1C. The Morgan fingerprint density at radius 2 is 2.09 bits per heavy atom. The molecule has 0 radical (unpaired) electrons. The summed E-state index contributed by atoms with van der Waals surface area (Å²) in [5.74, 6) is -0.594. The highest BCUT2D eigenvalue weighted by molar-refractivity contribution is 8.15. The summed E-state index contributed by atoms with van der Waals surface area (Å²) in [6.07, 6.45) is 3.04. The van der Waals surface area contributed by atoms with Gasteiger partial charge in [0.2, 0.25) is 0 Å². The molecule has 0 bridgehead atoms. The van der Waals surface area contributed by atoms with Crippen LogP contribution in [0.15, 0.2) is 47.7 Å². The van der Waals surface area contributed by atoms with Crippen LogP contribution in [0.4, 0.5) is 20.3 Å². The first kappa shape index (κ1) is 23.9. The van der Waals surface area contributed by atoms with Gasteiger partial charge < -0.3 is 15.8 Å². The number of anilines is 2. The Morgan fingerprint density at radius 1 is 1.29 bits per heavy atom. The lowest BCUT2D eigenvalue weighted by Crippen LogP contribution is -2.53. The molecule has 2 aromatic heterocycles. The standard InChI is InChI=1S/C24H24F2N6OS/c1-14-23(2,13-33-3)34-22(28)32-24(14,12-25)18-9-17(4-5-19(18)26)31-21-20-16(6-7-29-21)8-15(10-27)11-30-20/h4-9,11,14H,12-13H2,1-3H3,(H2,28,32)(H,29,31)/t14-,23-,24+/m1/s1. The van der Waals surface area contributed by atoms with Crippen molar-refractivity contribution in [2.24, 2.45) is 16.6 Å². The number of hydrogen-bond acceptors (Lipinski definition) is 8. The van der Waals surface area contributed by atoms with Gasteiger partial charge in [-0.2, -0.15) is 5.26 Å². The van der Waals surface area contributed by atoms with E-state index in [1.165, 1.54) is 30.1 Å². The average Bonchev–Trinajstić information content (AvgIpc) is 2.82. The number of hydrogen-bond donors (Lipinski definition) is 2. The molecule has 0 aliphatic carbocycles. The minimum Gasteiger partial charge on any atom is -0.383 e. The van der Waals surface area contributed by atoms with Crippen LogP contribution in [0.3, 0.4) is 0 Å². The Morgan fingerprint density at radius 3 is 2.79 bits per heavy atom. The summed E-state index contributed by atoms with van der Waals surface area (Å²) in [4.78, 5) is 13.1. The fourth-order valence-corrected chi connectivity index (χ4v) is 5.62. The van der Waals surface area contributed by atoms with Gasteiger partial charge in [0.05, 0.1) is 12.2 Å². The van der Waals surface area contributed by atoms with E-state index in [-0.39, 0.29) is 10.7 Å². The van der Waals surface area contributed by atoms with Crippen LogP contribution < -0.4 is 11.1 Å². The van der Waals surface area contributed by atoms with Crippen molar-refractivity contribution in [3.05, 3.63) is 59.7 Å². The molecule has 176 valence electrons. The van der Waals surface area contributed by atoms with E-state index < -0.39 is 28.7 Å². The number of rotatable bonds is 6. The second-order valence-electron chi connectivity index (χ2n) is 8.46. The maximum atomic E-state index is 15.2. The van der Waals surface area contributed by atoms with Gasteiger partial charge in [-0.3, -0.25) is 4.98 Å². The van der Waals surface area contributed by atoms with Crippen molar-refractivity contribution < 1.29 is 13.5 Å². The number of ether oxygens (including phenoxy) is 1. The van der Waals surface area contributed by atoms with Crippen molar-refractivity contribution >= 4 is 39.3 Å². The number of aliphatic imine (C=N–C) groups is 1. The monoisotopic (exact) mass is 482 g/mol. The number of benzene rings is 1. The van der Waals surface area contributed by atoms with Gasteiger partial charge in [0.15, 0.2) is 11.0 Å². The third-order valence-corrected chi connectivity index (χ3v) is 7.58. The number of aromatic nitrogens is 2. The minimum atomic E-state index is -1.52. The number of halogens is 2. The average molecular weight is 483 g/mol. The number of fused-ring (bicyclic) bond motifs is 1. The molecule has 0 saturated carbocycles. The number of nitrogens with two attached hydrogens (primary N) is 1. The van der Waals surface area contributed by atoms with Crippen molar-refractivity contribution in [2.75, 3.05) is 25.7 Å². The largest absolute Gasteiger partial charge is 0.383 e. The molecule has 3 heterocycles. The van der Waals surface area contributed by atoms with Crippen LogP contribution in [-0.4, -0.2) is 40.3 Å². The van der Waals surface area contributed by atoms with Crippen LogP contribution in [0, 0.1) is 23.1 Å². The van der Waals surface area contributed by atoms with Gasteiger partial charge in [0.1, 0.15) is 29.6 Å². The van der Waals surface area contributed by atoms with Gasteiger partial charge in [0.25, 0.3) is 0 Å². The zero-order valence-corrected chi connectivity index (χ0v) is 19.8. The van der Waals surface area contributed by atoms with E-state index in [9.17, 15) is 4.39 Å². The maximum Gasteiger partial charge on any atom is 0.156 e. The molecule has 3 aromatic rings. The van der Waals surface area contributed by atoms with Crippen LogP contribution in [0.1, 0.15) is 25.0 Å². The molecule has 3 N–H and O–H groups in total. The highest BCUT2D eigenvalue weighted by Crippen LogP contribution is 2.51. The van der Waals surface area contributed by atoms with Crippen LogP contribution in [0.2, 0.25) is 0 Å². The summed E-state index contributed by atoms with van der Waals surface area (Å²) < 4.78 is 34.8. The van der Waals surface area contributed by atoms with Crippen molar-refractivity contribution in [3.8, 4) is 6.07 Å². The quantitative estimate of drug-likeness (QED) is 0.526. The molecule has 0 amide bonds. The Labute approximate surface area is 200 Å². The molecule has 0 unspecified atom stereocenters. The lowest BCUT2D eigenvalue weighted by molar-refractivity contribution is 0.107. The van der Waals surface area contributed by atoms with Crippen LogP contribution in [0.5, 0.6) is 0 Å². The normalized spacial score (nSPS) is 24.5. The predicted molar refractivity (Wildman–Crippen MR) is 130 cm³/mol. The van der Waals surface area contributed by atoms with Crippen molar-refractivity contribution in [2.45, 2.75) is 24.1 Å². The molecule has 0 saturated heterocycles. The van der Waals surface area contributed by atoms with Crippen LogP contribution in [0.25, 0.3) is 10.9 Å². The van der Waals surface area contributed by atoms with Crippen molar-refractivity contribution in [3.63, 3.8) is 0 Å². The first-order valence-electron chi connectivity index (χ1n) is 10.6. The number of alkyl halides is 1. The molecule has 0 fully saturated rings. The number of nitriles is 1. The van der Waals surface area contributed by atoms with Gasteiger partial charge in [-0.25, -0.2) is 18.8 Å². The van der Waals surface area contributed by atoms with Gasteiger partial charge in [-0.1, -0.05) is 18.7 Å². The Bertz CT molecular complexity index is 1310. The molecule has 7 nitrogen and oxygen atoms in total. The van der Waals surface area contributed by atoms with E-state index in [0.717, 1.165) is 5.39 Å². The highest BCUT2D eigenvalue weighted by Gasteiger charge is 2.53. The maximum absolute atomic E-state index is 15.2. The summed E-state index contributed by atoms with van der Waals surface area (Å²) in [5.41, 5.74) is 6.14. The number of nitrogens with one attached hydrogen (secondary N) is 1. The molecular weight excluding hydrogens is 458 g/mol.